The summed E-state index contributed by atoms with van der Waals surface area (Å²) in [5.41, 5.74) is 11.2. The van der Waals surface area contributed by atoms with Crippen LogP contribution in [0, 0.1) is 11.8 Å². The van der Waals surface area contributed by atoms with Crippen LogP contribution in [0.2, 0.25) is 0 Å². The van der Waals surface area contributed by atoms with Crippen LogP contribution in [0.4, 0.5) is 0 Å². The predicted molar refractivity (Wildman–Crippen MR) is 102 cm³/mol. The number of hydrogen-bond donors (Lipinski definition) is 0. The zero-order chi connectivity index (χ0) is 18.1. The maximum absolute atomic E-state index is 9.25. The summed E-state index contributed by atoms with van der Waals surface area (Å²) in [4.78, 5) is 10.1. The normalized spacial score (nSPS) is 28.3. The maximum atomic E-state index is 9.25. The molecule has 3 saturated heterocycles. The minimum atomic E-state index is -0.230. The Balaban J connectivity index is 1.77. The fourth-order valence-corrected chi connectivity index (χ4v) is 4.64. The lowest BCUT2D eigenvalue weighted by molar-refractivity contribution is 0.00758. The van der Waals surface area contributed by atoms with E-state index in [-0.39, 0.29) is 12.1 Å². The summed E-state index contributed by atoms with van der Waals surface area (Å²) in [5.74, 6) is 1.95. The fourth-order valence-electron chi connectivity index (χ4n) is 4.64. The van der Waals surface area contributed by atoms with Gasteiger partial charge in [0.2, 0.25) is 0 Å². The third-order valence-corrected chi connectivity index (χ3v) is 6.00. The zero-order valence-corrected chi connectivity index (χ0v) is 15.0. The molecule has 0 saturated carbocycles. The number of fused-ring (bicyclic) bond motifs is 4. The number of benzene rings is 1. The van der Waals surface area contributed by atoms with Gasteiger partial charge in [0.1, 0.15) is 5.75 Å². The van der Waals surface area contributed by atoms with Crippen LogP contribution < -0.4 is 4.74 Å². The lowest BCUT2D eigenvalue weighted by Crippen LogP contribution is -2.54. The van der Waals surface area contributed by atoms with Gasteiger partial charge in [-0.05, 0) is 66.6 Å². The van der Waals surface area contributed by atoms with Gasteiger partial charge in [-0.3, -0.25) is 9.88 Å². The number of hydrogen-bond acceptors (Lipinski definition) is 4. The molecular weight excluding hydrogens is 326 g/mol. The Labute approximate surface area is 153 Å². The Hall–Kier alpha value is -2.56. The minimum absolute atomic E-state index is 0.220. The molecule has 1 aromatic carbocycles. The Morgan fingerprint density at radius 3 is 3.04 bits per heavy atom. The molecule has 1 aromatic heterocycles. The van der Waals surface area contributed by atoms with Crippen molar-refractivity contribution in [1.82, 2.24) is 9.88 Å². The molecule has 2 bridgehead atoms. The molecule has 0 amide bonds. The second-order valence-electron chi connectivity index (χ2n) is 7.18. The van der Waals surface area contributed by atoms with E-state index in [1.165, 1.54) is 6.42 Å². The van der Waals surface area contributed by atoms with Crippen LogP contribution in [0.5, 0.6) is 5.75 Å². The predicted octanol–water partition coefficient (Wildman–Crippen LogP) is 4.49. The number of azide groups is 1. The maximum Gasteiger partial charge on any atom is 0.119 e. The Morgan fingerprint density at radius 2 is 2.35 bits per heavy atom. The van der Waals surface area contributed by atoms with E-state index in [2.05, 4.69) is 32.6 Å². The molecule has 0 N–H and O–H groups in total. The van der Waals surface area contributed by atoms with E-state index < -0.39 is 0 Å². The first kappa shape index (κ1) is 16.9. The highest BCUT2D eigenvalue weighted by Gasteiger charge is 2.42. The molecule has 26 heavy (non-hydrogen) atoms. The molecule has 3 aliphatic heterocycles. The Morgan fingerprint density at radius 1 is 1.46 bits per heavy atom. The van der Waals surface area contributed by atoms with Crippen molar-refractivity contribution in [3.8, 4) is 5.75 Å². The number of rotatable bonds is 5. The van der Waals surface area contributed by atoms with Gasteiger partial charge in [0.05, 0.1) is 18.7 Å². The second kappa shape index (κ2) is 6.98. The van der Waals surface area contributed by atoms with Gasteiger partial charge in [-0.2, -0.15) is 0 Å². The lowest BCUT2D eigenvalue weighted by atomic mass is 9.73. The molecule has 6 heteroatoms. The van der Waals surface area contributed by atoms with Crippen molar-refractivity contribution in [1.29, 1.82) is 0 Å². The van der Waals surface area contributed by atoms with Crippen molar-refractivity contribution in [2.24, 2.45) is 17.0 Å². The summed E-state index contributed by atoms with van der Waals surface area (Å²) in [5, 5.41) is 5.23. The molecule has 3 fully saturated rings. The van der Waals surface area contributed by atoms with Crippen molar-refractivity contribution in [2.75, 3.05) is 20.2 Å². The molecule has 0 spiro atoms. The summed E-state index contributed by atoms with van der Waals surface area (Å²) in [6.45, 7) is 6.06. The van der Waals surface area contributed by atoms with Crippen LogP contribution in [0.25, 0.3) is 21.3 Å². The number of pyridine rings is 1. The zero-order valence-electron chi connectivity index (χ0n) is 15.0. The van der Waals surface area contributed by atoms with Gasteiger partial charge < -0.3 is 4.74 Å². The van der Waals surface area contributed by atoms with Gasteiger partial charge in [0.15, 0.2) is 0 Å². The van der Waals surface area contributed by atoms with E-state index in [4.69, 9.17) is 4.74 Å². The molecule has 6 nitrogen and oxygen atoms in total. The standard InChI is InChI=1S/C20H23N5O/c1-3-13-12-25-9-7-14(13)10-19(25)20(23-24-21)16-6-8-22-18-5-4-15(26-2)11-17(16)18/h3-6,8,11,13-14,19-20H,1,7,9-10,12H2,2H3/t13-,14-,19-,20-/m0/s1. The molecule has 5 rings (SSSR count). The molecule has 134 valence electrons. The first-order chi connectivity index (χ1) is 12.7. The van der Waals surface area contributed by atoms with E-state index in [1.54, 1.807) is 13.3 Å². The van der Waals surface area contributed by atoms with Gasteiger partial charge in [-0.15, -0.1) is 6.58 Å². The fraction of sp³-hybridized carbons (Fsp3) is 0.450. The smallest absolute Gasteiger partial charge is 0.119 e. The molecule has 0 radical (unpaired) electrons. The highest BCUT2D eigenvalue weighted by atomic mass is 16.5. The van der Waals surface area contributed by atoms with Gasteiger partial charge in [0.25, 0.3) is 0 Å². The van der Waals surface area contributed by atoms with Crippen molar-refractivity contribution < 1.29 is 4.74 Å². The topological polar surface area (TPSA) is 74.1 Å². The van der Waals surface area contributed by atoms with Crippen LogP contribution in [0.1, 0.15) is 24.4 Å². The van der Waals surface area contributed by atoms with Gasteiger partial charge in [-0.1, -0.05) is 11.2 Å². The van der Waals surface area contributed by atoms with Crippen LogP contribution in [0.3, 0.4) is 0 Å². The van der Waals surface area contributed by atoms with Crippen molar-refractivity contribution in [3.05, 3.63) is 59.1 Å². The molecule has 5 atom stereocenters. The Kier molecular flexibility index (Phi) is 4.53. The molecule has 4 heterocycles. The quantitative estimate of drug-likeness (QED) is 0.345. The van der Waals surface area contributed by atoms with E-state index >= 15 is 0 Å². The molecule has 0 aliphatic carbocycles. The van der Waals surface area contributed by atoms with Crippen molar-refractivity contribution in [3.63, 3.8) is 0 Å². The Bertz CT molecular complexity index is 876. The third-order valence-electron chi connectivity index (χ3n) is 6.00. The van der Waals surface area contributed by atoms with Crippen LogP contribution in [-0.2, 0) is 0 Å². The van der Waals surface area contributed by atoms with Gasteiger partial charge >= 0.3 is 0 Å². The summed E-state index contributed by atoms with van der Waals surface area (Å²) >= 11 is 0. The largest absolute Gasteiger partial charge is 0.497 e. The summed E-state index contributed by atoms with van der Waals surface area (Å²) in [6, 6.07) is 7.81. The number of aromatic nitrogens is 1. The molecule has 2 aromatic rings. The highest BCUT2D eigenvalue weighted by molar-refractivity contribution is 5.84. The molecule has 1 unspecified atom stereocenters. The highest BCUT2D eigenvalue weighted by Crippen LogP contribution is 2.43. The number of nitrogens with zero attached hydrogens (tertiary/aromatic N) is 5. The first-order valence-electron chi connectivity index (χ1n) is 9.08. The average molecular weight is 349 g/mol. The van der Waals surface area contributed by atoms with Crippen molar-refractivity contribution >= 4 is 10.9 Å². The van der Waals surface area contributed by atoms with E-state index in [9.17, 15) is 5.53 Å². The number of ether oxygens (including phenoxy) is 1. The minimum Gasteiger partial charge on any atom is -0.497 e. The van der Waals surface area contributed by atoms with E-state index in [0.717, 1.165) is 41.7 Å². The van der Waals surface area contributed by atoms with Crippen LogP contribution >= 0.6 is 0 Å². The molecule has 3 aliphatic rings. The summed E-state index contributed by atoms with van der Waals surface area (Å²) in [6.07, 6.45) is 6.12. The van der Waals surface area contributed by atoms with E-state index in [0.29, 0.717) is 11.8 Å². The average Bonchev–Trinajstić information content (AvgIpc) is 2.71. The first-order valence-corrected chi connectivity index (χ1v) is 9.08. The van der Waals surface area contributed by atoms with Crippen LogP contribution in [0.15, 0.2) is 48.2 Å². The summed E-state index contributed by atoms with van der Waals surface area (Å²) < 4.78 is 5.39. The van der Waals surface area contributed by atoms with Gasteiger partial charge in [-0.25, -0.2) is 0 Å². The SMILES string of the molecule is C=C[C@H]1CN2CC[C@H]1C[C@H]2[C@@H](N=[N+]=[N-])c1ccnc2ccc(OC)cc12. The number of piperidine rings is 3. The van der Waals surface area contributed by atoms with E-state index in [1.807, 2.05) is 24.3 Å². The lowest BCUT2D eigenvalue weighted by Gasteiger charge is -2.51. The number of methoxy groups -OCH3 is 1. The summed E-state index contributed by atoms with van der Waals surface area (Å²) in [7, 11) is 1.66. The van der Waals surface area contributed by atoms with Gasteiger partial charge in [0, 0.05) is 29.1 Å². The third kappa shape index (κ3) is 2.81. The second-order valence-corrected chi connectivity index (χ2v) is 7.18. The monoisotopic (exact) mass is 349 g/mol. The molecular formula is C20H23N5O. The van der Waals surface area contributed by atoms with Crippen molar-refractivity contribution in [2.45, 2.75) is 24.9 Å². The van der Waals surface area contributed by atoms with Crippen LogP contribution in [-0.4, -0.2) is 36.1 Å².